The Morgan fingerprint density at radius 2 is 1.93 bits per heavy atom. The summed E-state index contributed by atoms with van der Waals surface area (Å²) >= 11 is 0. The van der Waals surface area contributed by atoms with Gasteiger partial charge in [0, 0.05) is 34.9 Å². The van der Waals surface area contributed by atoms with Crippen LogP contribution in [0.1, 0.15) is 29.8 Å². The minimum Gasteiger partial charge on any atom is -0.477 e. The van der Waals surface area contributed by atoms with Crippen molar-refractivity contribution in [3.05, 3.63) is 70.0 Å². The number of para-hydroxylation sites is 1. The number of anilines is 2. The fourth-order valence-corrected chi connectivity index (χ4v) is 3.55. The van der Waals surface area contributed by atoms with Gasteiger partial charge in [0.25, 0.3) is 0 Å². The first-order valence-electron chi connectivity index (χ1n) is 8.85. The van der Waals surface area contributed by atoms with E-state index < -0.39 is 23.0 Å². The molecule has 28 heavy (non-hydrogen) atoms. The van der Waals surface area contributed by atoms with Crippen molar-refractivity contribution in [2.75, 3.05) is 17.2 Å². The van der Waals surface area contributed by atoms with Crippen molar-refractivity contribution in [3.63, 3.8) is 0 Å². The molecule has 1 aliphatic heterocycles. The van der Waals surface area contributed by atoms with Crippen LogP contribution in [0.5, 0.6) is 0 Å². The number of carboxylic acid groups (broad SMARTS) is 1. The highest BCUT2D eigenvalue weighted by atomic mass is 16.4. The maximum Gasteiger partial charge on any atom is 0.341 e. The van der Waals surface area contributed by atoms with Crippen molar-refractivity contribution in [2.24, 2.45) is 0 Å². The average molecular weight is 377 g/mol. The number of carbonyl (C=O) groups excluding carboxylic acids is 1. The number of aromatic nitrogens is 1. The van der Waals surface area contributed by atoms with E-state index in [0.717, 1.165) is 23.0 Å². The lowest BCUT2D eigenvalue weighted by molar-refractivity contribution is 0.0695. The molecule has 3 aromatic rings. The van der Waals surface area contributed by atoms with Gasteiger partial charge in [-0.25, -0.2) is 9.59 Å². The number of nitrogens with zero attached hydrogens (tertiary/aromatic N) is 1. The molecule has 1 aliphatic rings. The van der Waals surface area contributed by atoms with E-state index in [2.05, 4.69) is 24.5 Å². The normalized spacial score (nSPS) is 14.4. The van der Waals surface area contributed by atoms with Gasteiger partial charge in [-0.2, -0.15) is 0 Å². The molecule has 0 aliphatic carbocycles. The van der Waals surface area contributed by atoms with Crippen LogP contribution in [0.2, 0.25) is 0 Å². The van der Waals surface area contributed by atoms with Crippen molar-refractivity contribution in [2.45, 2.75) is 19.3 Å². The SMILES string of the molecule is CC1(C)CNc2cc(NC(=O)n3cc(C(=O)O)c(=O)c4ccccc43)ccc21. The predicted molar refractivity (Wildman–Crippen MR) is 108 cm³/mol. The largest absolute Gasteiger partial charge is 0.477 e. The number of hydrogen-bond acceptors (Lipinski definition) is 4. The second-order valence-corrected chi connectivity index (χ2v) is 7.49. The number of aromatic carboxylic acids is 1. The Bertz CT molecular complexity index is 1190. The number of carboxylic acids is 1. The topological polar surface area (TPSA) is 100 Å². The molecule has 2 heterocycles. The summed E-state index contributed by atoms with van der Waals surface area (Å²) in [5.41, 5.74) is 2.00. The lowest BCUT2D eigenvalue weighted by Gasteiger charge is -2.17. The monoisotopic (exact) mass is 377 g/mol. The van der Waals surface area contributed by atoms with Gasteiger partial charge in [0.2, 0.25) is 5.43 Å². The Balaban J connectivity index is 1.75. The molecule has 4 rings (SSSR count). The third-order valence-electron chi connectivity index (χ3n) is 5.08. The molecular formula is C21H19N3O4. The first-order chi connectivity index (χ1) is 13.3. The van der Waals surface area contributed by atoms with Crippen molar-refractivity contribution in [1.82, 2.24) is 4.57 Å². The lowest BCUT2D eigenvalue weighted by atomic mass is 9.87. The number of fused-ring (bicyclic) bond motifs is 2. The number of rotatable bonds is 2. The Morgan fingerprint density at radius 1 is 1.18 bits per heavy atom. The summed E-state index contributed by atoms with van der Waals surface area (Å²) in [6.07, 6.45) is 1.07. The molecule has 0 atom stereocenters. The van der Waals surface area contributed by atoms with Crippen LogP contribution < -0.4 is 16.1 Å². The van der Waals surface area contributed by atoms with Gasteiger partial charge in [0.05, 0.1) is 5.52 Å². The summed E-state index contributed by atoms with van der Waals surface area (Å²) in [5, 5.41) is 15.6. The van der Waals surface area contributed by atoms with Crippen LogP contribution in [-0.2, 0) is 5.41 Å². The van der Waals surface area contributed by atoms with Crippen molar-refractivity contribution in [3.8, 4) is 0 Å². The second-order valence-electron chi connectivity index (χ2n) is 7.49. The number of pyridine rings is 1. The third kappa shape index (κ3) is 2.81. The maximum atomic E-state index is 12.9. The number of nitrogens with one attached hydrogen (secondary N) is 2. The van der Waals surface area contributed by atoms with Gasteiger partial charge in [0.1, 0.15) is 5.56 Å². The average Bonchev–Trinajstić information content (AvgIpc) is 2.96. The molecule has 0 spiro atoms. The van der Waals surface area contributed by atoms with E-state index in [0.29, 0.717) is 11.2 Å². The van der Waals surface area contributed by atoms with E-state index in [9.17, 15) is 19.5 Å². The third-order valence-corrected chi connectivity index (χ3v) is 5.08. The standard InChI is InChI=1S/C21H19N3O4/c1-21(2)11-22-16-9-12(7-8-15(16)21)23-20(28)24-10-14(19(26)27)18(25)13-5-3-4-6-17(13)24/h3-10,22H,11H2,1-2H3,(H,23,28)(H,26,27). The fourth-order valence-electron chi connectivity index (χ4n) is 3.55. The zero-order chi connectivity index (χ0) is 20.1. The lowest BCUT2D eigenvalue weighted by Crippen LogP contribution is -2.25. The van der Waals surface area contributed by atoms with Crippen LogP contribution in [0.3, 0.4) is 0 Å². The molecule has 0 bridgehead atoms. The van der Waals surface area contributed by atoms with Crippen LogP contribution in [-0.4, -0.2) is 28.2 Å². The highest BCUT2D eigenvalue weighted by Crippen LogP contribution is 2.37. The molecule has 0 saturated carbocycles. The quantitative estimate of drug-likeness (QED) is 0.635. The van der Waals surface area contributed by atoms with E-state index >= 15 is 0 Å². The highest BCUT2D eigenvalue weighted by molar-refractivity contribution is 6.01. The van der Waals surface area contributed by atoms with Crippen LogP contribution in [0, 0.1) is 0 Å². The zero-order valence-corrected chi connectivity index (χ0v) is 15.4. The fraction of sp³-hybridized carbons (Fsp3) is 0.190. The molecule has 7 nitrogen and oxygen atoms in total. The molecule has 142 valence electrons. The van der Waals surface area contributed by atoms with E-state index in [1.165, 1.54) is 11.6 Å². The molecule has 0 radical (unpaired) electrons. The maximum absolute atomic E-state index is 12.9. The molecule has 1 aromatic heterocycles. The molecule has 0 fully saturated rings. The minimum atomic E-state index is -1.37. The number of hydrogen-bond donors (Lipinski definition) is 3. The van der Waals surface area contributed by atoms with Gasteiger partial charge in [-0.1, -0.05) is 32.0 Å². The van der Waals surface area contributed by atoms with E-state index in [-0.39, 0.29) is 10.8 Å². The summed E-state index contributed by atoms with van der Waals surface area (Å²) in [7, 11) is 0. The first-order valence-corrected chi connectivity index (χ1v) is 8.85. The van der Waals surface area contributed by atoms with Gasteiger partial charge < -0.3 is 15.7 Å². The van der Waals surface area contributed by atoms with Gasteiger partial charge in [-0.05, 0) is 29.8 Å². The number of amides is 1. The van der Waals surface area contributed by atoms with Crippen LogP contribution in [0.4, 0.5) is 16.2 Å². The van der Waals surface area contributed by atoms with Crippen LogP contribution in [0.25, 0.3) is 10.9 Å². The van der Waals surface area contributed by atoms with Gasteiger partial charge in [0.15, 0.2) is 0 Å². The Morgan fingerprint density at radius 3 is 2.68 bits per heavy atom. The summed E-state index contributed by atoms with van der Waals surface area (Å²) < 4.78 is 1.16. The number of benzene rings is 2. The summed E-state index contributed by atoms with van der Waals surface area (Å²) in [6, 6.07) is 11.5. The number of carbonyl (C=O) groups is 2. The second kappa shape index (κ2) is 6.23. The van der Waals surface area contributed by atoms with Crippen LogP contribution >= 0.6 is 0 Å². The smallest absolute Gasteiger partial charge is 0.341 e. The predicted octanol–water partition coefficient (Wildman–Crippen LogP) is 3.48. The Hall–Kier alpha value is -3.61. The Labute approximate surface area is 160 Å². The molecule has 0 unspecified atom stereocenters. The van der Waals surface area contributed by atoms with E-state index in [1.54, 1.807) is 18.2 Å². The molecule has 0 saturated heterocycles. The molecule has 3 N–H and O–H groups in total. The summed E-state index contributed by atoms with van der Waals surface area (Å²) in [4.78, 5) is 36.7. The van der Waals surface area contributed by atoms with Crippen molar-refractivity contribution < 1.29 is 14.7 Å². The first kappa shape index (κ1) is 17.8. The van der Waals surface area contributed by atoms with Crippen molar-refractivity contribution >= 4 is 34.3 Å². The summed E-state index contributed by atoms with van der Waals surface area (Å²) in [6.45, 7) is 5.10. The highest BCUT2D eigenvalue weighted by Gasteiger charge is 2.29. The van der Waals surface area contributed by atoms with Gasteiger partial charge in [-0.3, -0.25) is 9.36 Å². The molecule has 2 aromatic carbocycles. The van der Waals surface area contributed by atoms with Crippen molar-refractivity contribution in [1.29, 1.82) is 0 Å². The van der Waals surface area contributed by atoms with Crippen LogP contribution in [0.15, 0.2) is 53.5 Å². The van der Waals surface area contributed by atoms with Gasteiger partial charge in [-0.15, -0.1) is 0 Å². The van der Waals surface area contributed by atoms with E-state index in [1.807, 2.05) is 18.2 Å². The zero-order valence-electron chi connectivity index (χ0n) is 15.4. The van der Waals surface area contributed by atoms with E-state index in [4.69, 9.17) is 0 Å². The summed E-state index contributed by atoms with van der Waals surface area (Å²) in [5.74, 6) is -1.37. The minimum absolute atomic E-state index is 0.0170. The van der Waals surface area contributed by atoms with Gasteiger partial charge >= 0.3 is 12.0 Å². The molecule has 7 heteroatoms. The molecule has 1 amide bonds. The molecular weight excluding hydrogens is 358 g/mol. The Kier molecular flexibility index (Phi) is 3.96.